The second-order valence-corrected chi connectivity index (χ2v) is 3.72. The van der Waals surface area contributed by atoms with Gasteiger partial charge in [0.05, 0.1) is 11.4 Å². The third-order valence-electron chi connectivity index (χ3n) is 2.36. The van der Waals surface area contributed by atoms with Crippen molar-refractivity contribution in [2.45, 2.75) is 32.6 Å². The van der Waals surface area contributed by atoms with E-state index >= 15 is 0 Å². The van der Waals surface area contributed by atoms with E-state index in [-0.39, 0.29) is 5.82 Å². The van der Waals surface area contributed by atoms with Crippen LogP contribution >= 0.6 is 0 Å². The van der Waals surface area contributed by atoms with Gasteiger partial charge in [-0.05, 0) is 24.6 Å². The smallest absolute Gasteiger partial charge is 0.125 e. The molecule has 0 heterocycles. The van der Waals surface area contributed by atoms with Crippen LogP contribution in [0.3, 0.4) is 0 Å². The monoisotopic (exact) mass is 210 g/mol. The van der Waals surface area contributed by atoms with Crippen molar-refractivity contribution in [3.05, 3.63) is 24.0 Å². The van der Waals surface area contributed by atoms with Gasteiger partial charge in [-0.3, -0.25) is 0 Å². The minimum Gasteiger partial charge on any atom is -0.397 e. The molecule has 0 aromatic heterocycles. The van der Waals surface area contributed by atoms with Gasteiger partial charge < -0.3 is 11.1 Å². The molecule has 0 spiro atoms. The first kappa shape index (κ1) is 11.8. The maximum atomic E-state index is 12.7. The molecule has 15 heavy (non-hydrogen) atoms. The molecule has 3 N–H and O–H groups in total. The van der Waals surface area contributed by atoms with E-state index in [2.05, 4.69) is 12.2 Å². The molecule has 0 aliphatic heterocycles. The number of nitrogens with one attached hydrogen (secondary N) is 1. The van der Waals surface area contributed by atoms with E-state index in [1.54, 1.807) is 6.07 Å². The van der Waals surface area contributed by atoms with Crippen molar-refractivity contribution in [3.63, 3.8) is 0 Å². The maximum Gasteiger partial charge on any atom is 0.125 e. The van der Waals surface area contributed by atoms with Crippen LogP contribution < -0.4 is 11.1 Å². The zero-order valence-electron chi connectivity index (χ0n) is 9.22. The van der Waals surface area contributed by atoms with Crippen LogP contribution in [-0.2, 0) is 0 Å². The van der Waals surface area contributed by atoms with Gasteiger partial charge in [-0.15, -0.1) is 0 Å². The summed E-state index contributed by atoms with van der Waals surface area (Å²) in [5, 5.41) is 3.21. The zero-order chi connectivity index (χ0) is 11.1. The van der Waals surface area contributed by atoms with E-state index in [1.165, 1.54) is 31.4 Å². The second-order valence-electron chi connectivity index (χ2n) is 3.72. The zero-order valence-corrected chi connectivity index (χ0v) is 9.22. The number of nitrogen functional groups attached to an aromatic ring is 1. The first-order valence-corrected chi connectivity index (χ1v) is 5.53. The van der Waals surface area contributed by atoms with Crippen molar-refractivity contribution in [2.24, 2.45) is 0 Å². The molecule has 2 nitrogen and oxygen atoms in total. The minimum absolute atomic E-state index is 0.288. The van der Waals surface area contributed by atoms with E-state index < -0.39 is 0 Å². The average Bonchev–Trinajstić information content (AvgIpc) is 2.20. The van der Waals surface area contributed by atoms with Gasteiger partial charge in [0.15, 0.2) is 0 Å². The van der Waals surface area contributed by atoms with Crippen molar-refractivity contribution in [3.8, 4) is 0 Å². The van der Waals surface area contributed by atoms with E-state index in [4.69, 9.17) is 5.73 Å². The predicted molar refractivity (Wildman–Crippen MR) is 63.4 cm³/mol. The van der Waals surface area contributed by atoms with E-state index in [0.29, 0.717) is 5.69 Å². The summed E-state index contributed by atoms with van der Waals surface area (Å²) in [5.41, 5.74) is 6.96. The van der Waals surface area contributed by atoms with Crippen LogP contribution in [-0.4, -0.2) is 6.54 Å². The van der Waals surface area contributed by atoms with Gasteiger partial charge in [0.2, 0.25) is 0 Å². The average molecular weight is 210 g/mol. The number of hydrogen-bond donors (Lipinski definition) is 2. The van der Waals surface area contributed by atoms with Crippen molar-refractivity contribution in [1.82, 2.24) is 0 Å². The number of nitrogens with two attached hydrogens (primary N) is 1. The molecular formula is C12H19FN2. The van der Waals surface area contributed by atoms with Crippen LogP contribution in [0.15, 0.2) is 18.2 Å². The van der Waals surface area contributed by atoms with Gasteiger partial charge >= 0.3 is 0 Å². The Morgan fingerprint density at radius 2 is 2.07 bits per heavy atom. The standard InChI is InChI=1S/C12H19FN2/c1-2-3-4-5-8-15-12-7-6-10(13)9-11(12)14/h6-7,9,15H,2-5,8,14H2,1H3. The molecule has 84 valence electrons. The summed E-state index contributed by atoms with van der Waals surface area (Å²) in [6, 6.07) is 4.45. The maximum absolute atomic E-state index is 12.7. The second kappa shape index (κ2) is 6.27. The van der Waals surface area contributed by atoms with Crippen LogP contribution in [0.5, 0.6) is 0 Å². The van der Waals surface area contributed by atoms with Crippen LogP contribution in [0.1, 0.15) is 32.6 Å². The molecule has 0 atom stereocenters. The summed E-state index contributed by atoms with van der Waals surface area (Å²) in [4.78, 5) is 0. The summed E-state index contributed by atoms with van der Waals surface area (Å²) < 4.78 is 12.7. The lowest BCUT2D eigenvalue weighted by molar-refractivity contribution is 0.628. The van der Waals surface area contributed by atoms with Gasteiger partial charge in [0, 0.05) is 6.54 Å². The van der Waals surface area contributed by atoms with Crippen LogP contribution in [0.2, 0.25) is 0 Å². The molecule has 0 aliphatic rings. The Hall–Kier alpha value is -1.25. The Balaban J connectivity index is 2.31. The highest BCUT2D eigenvalue weighted by atomic mass is 19.1. The first-order valence-electron chi connectivity index (χ1n) is 5.53. The fourth-order valence-corrected chi connectivity index (χ4v) is 1.47. The molecular weight excluding hydrogens is 191 g/mol. The molecule has 0 saturated heterocycles. The first-order chi connectivity index (χ1) is 7.24. The number of hydrogen-bond acceptors (Lipinski definition) is 2. The summed E-state index contributed by atoms with van der Waals surface area (Å²) in [5.74, 6) is -0.288. The van der Waals surface area contributed by atoms with Gasteiger partial charge in [-0.1, -0.05) is 26.2 Å². The Morgan fingerprint density at radius 1 is 1.27 bits per heavy atom. The molecule has 0 aliphatic carbocycles. The lowest BCUT2D eigenvalue weighted by Gasteiger charge is -2.08. The summed E-state index contributed by atoms with van der Waals surface area (Å²) in [6.07, 6.45) is 4.86. The molecule has 0 saturated carbocycles. The Morgan fingerprint density at radius 3 is 2.73 bits per heavy atom. The van der Waals surface area contributed by atoms with Crippen molar-refractivity contribution < 1.29 is 4.39 Å². The number of rotatable bonds is 6. The summed E-state index contributed by atoms with van der Waals surface area (Å²) >= 11 is 0. The fourth-order valence-electron chi connectivity index (χ4n) is 1.47. The molecule has 0 bridgehead atoms. The normalized spacial score (nSPS) is 10.3. The van der Waals surface area contributed by atoms with Crippen molar-refractivity contribution in [1.29, 1.82) is 0 Å². The van der Waals surface area contributed by atoms with Crippen LogP contribution in [0, 0.1) is 5.82 Å². The molecule has 0 amide bonds. The highest BCUT2D eigenvalue weighted by Gasteiger charge is 1.99. The van der Waals surface area contributed by atoms with Gasteiger partial charge in [0.1, 0.15) is 5.82 Å². The van der Waals surface area contributed by atoms with Crippen molar-refractivity contribution >= 4 is 11.4 Å². The predicted octanol–water partition coefficient (Wildman–Crippen LogP) is 3.40. The van der Waals surface area contributed by atoms with Crippen LogP contribution in [0.25, 0.3) is 0 Å². The van der Waals surface area contributed by atoms with Gasteiger partial charge in [-0.25, -0.2) is 4.39 Å². The number of unbranched alkanes of at least 4 members (excludes halogenated alkanes) is 3. The number of benzene rings is 1. The SMILES string of the molecule is CCCCCCNc1ccc(F)cc1N. The highest BCUT2D eigenvalue weighted by Crippen LogP contribution is 2.18. The Bertz CT molecular complexity index is 300. The van der Waals surface area contributed by atoms with E-state index in [1.807, 2.05) is 0 Å². The van der Waals surface area contributed by atoms with Gasteiger partial charge in [0.25, 0.3) is 0 Å². The molecule has 1 aromatic rings. The van der Waals surface area contributed by atoms with E-state index in [0.717, 1.165) is 18.7 Å². The van der Waals surface area contributed by atoms with Gasteiger partial charge in [-0.2, -0.15) is 0 Å². The molecule has 3 heteroatoms. The van der Waals surface area contributed by atoms with Crippen LogP contribution in [0.4, 0.5) is 15.8 Å². The lowest BCUT2D eigenvalue weighted by Crippen LogP contribution is -2.04. The lowest BCUT2D eigenvalue weighted by atomic mass is 10.2. The molecule has 0 radical (unpaired) electrons. The molecule has 0 fully saturated rings. The summed E-state index contributed by atoms with van der Waals surface area (Å²) in [6.45, 7) is 3.08. The topological polar surface area (TPSA) is 38.0 Å². The molecule has 0 unspecified atom stereocenters. The fraction of sp³-hybridized carbons (Fsp3) is 0.500. The Labute approximate surface area is 90.7 Å². The quantitative estimate of drug-likeness (QED) is 0.558. The number of halogens is 1. The van der Waals surface area contributed by atoms with Crippen molar-refractivity contribution in [2.75, 3.05) is 17.6 Å². The third kappa shape index (κ3) is 4.19. The minimum atomic E-state index is -0.288. The molecule has 1 rings (SSSR count). The highest BCUT2D eigenvalue weighted by molar-refractivity contribution is 5.65. The summed E-state index contributed by atoms with van der Waals surface area (Å²) in [7, 11) is 0. The Kier molecular flexibility index (Phi) is 4.95. The number of anilines is 2. The van der Waals surface area contributed by atoms with E-state index in [9.17, 15) is 4.39 Å². The molecule has 1 aromatic carbocycles. The third-order valence-corrected chi connectivity index (χ3v) is 2.36. The largest absolute Gasteiger partial charge is 0.397 e.